The van der Waals surface area contributed by atoms with Crippen molar-refractivity contribution in [2.75, 3.05) is 0 Å². The van der Waals surface area contributed by atoms with Gasteiger partial charge in [0.15, 0.2) is 0 Å². The second-order valence-corrected chi connectivity index (χ2v) is 4.82. The molecule has 1 N–H and O–H groups in total. The number of aliphatic hydroxyl groups is 1. The van der Waals surface area contributed by atoms with Gasteiger partial charge in [0.2, 0.25) is 0 Å². The van der Waals surface area contributed by atoms with E-state index in [0.29, 0.717) is 12.0 Å². The summed E-state index contributed by atoms with van der Waals surface area (Å²) in [5.41, 5.74) is 0.579. The van der Waals surface area contributed by atoms with Crippen LogP contribution >= 0.6 is 0 Å². The van der Waals surface area contributed by atoms with Crippen LogP contribution in [0.1, 0.15) is 56.3 Å². The third kappa shape index (κ3) is 5.88. The summed E-state index contributed by atoms with van der Waals surface area (Å²) in [6.07, 6.45) is 3.57. The lowest BCUT2D eigenvalue weighted by Crippen LogP contribution is -2.20. The lowest BCUT2D eigenvalue weighted by Gasteiger charge is -2.18. The van der Waals surface area contributed by atoms with E-state index in [1.54, 1.807) is 12.1 Å². The summed E-state index contributed by atoms with van der Waals surface area (Å²) in [5.74, 6) is -0.280. The third-order valence-corrected chi connectivity index (χ3v) is 3.18. The Kier molecular flexibility index (Phi) is 7.19. The molecule has 0 spiro atoms. The van der Waals surface area contributed by atoms with Crippen molar-refractivity contribution in [2.45, 2.75) is 58.2 Å². The van der Waals surface area contributed by atoms with Crippen LogP contribution in [0.3, 0.4) is 0 Å². The fourth-order valence-electron chi connectivity index (χ4n) is 2.00. The number of rotatable bonds is 8. The molecule has 1 aromatic carbocycles. The summed E-state index contributed by atoms with van der Waals surface area (Å²) in [7, 11) is 0. The highest BCUT2D eigenvalue weighted by molar-refractivity contribution is 5.89. The quantitative estimate of drug-likeness (QED) is 0.730. The molecule has 2 unspecified atom stereocenters. The fourth-order valence-corrected chi connectivity index (χ4v) is 2.00. The Labute approximate surface area is 115 Å². The average molecular weight is 264 g/mol. The van der Waals surface area contributed by atoms with E-state index in [1.807, 2.05) is 25.1 Å². The Morgan fingerprint density at radius 3 is 2.42 bits per heavy atom. The molecule has 1 aromatic rings. The number of carbonyl (C=O) groups is 1. The number of esters is 1. The first-order valence-electron chi connectivity index (χ1n) is 7.11. The molecule has 0 aromatic heterocycles. The van der Waals surface area contributed by atoms with E-state index < -0.39 is 0 Å². The van der Waals surface area contributed by atoms with E-state index in [0.717, 1.165) is 25.7 Å². The predicted molar refractivity (Wildman–Crippen MR) is 76.1 cm³/mol. The SMILES string of the molecule is CCCC(O)CCC(CC)OC(=O)c1ccccc1. The minimum Gasteiger partial charge on any atom is -0.459 e. The van der Waals surface area contributed by atoms with Gasteiger partial charge in [-0.1, -0.05) is 38.5 Å². The first-order valence-corrected chi connectivity index (χ1v) is 7.11. The summed E-state index contributed by atoms with van der Waals surface area (Å²) in [6.45, 7) is 4.05. The van der Waals surface area contributed by atoms with Gasteiger partial charge in [-0.05, 0) is 37.8 Å². The molecule has 0 radical (unpaired) electrons. The van der Waals surface area contributed by atoms with Gasteiger partial charge in [0.25, 0.3) is 0 Å². The molecule has 0 fully saturated rings. The number of ether oxygens (including phenoxy) is 1. The van der Waals surface area contributed by atoms with Crippen LogP contribution in [0.25, 0.3) is 0 Å². The number of hydrogen-bond donors (Lipinski definition) is 1. The van der Waals surface area contributed by atoms with E-state index in [4.69, 9.17) is 4.74 Å². The molecule has 19 heavy (non-hydrogen) atoms. The smallest absolute Gasteiger partial charge is 0.338 e. The molecule has 0 saturated carbocycles. The molecule has 3 nitrogen and oxygen atoms in total. The molecule has 0 heterocycles. The molecule has 0 aliphatic heterocycles. The van der Waals surface area contributed by atoms with Crippen molar-refractivity contribution in [1.29, 1.82) is 0 Å². The Balaban J connectivity index is 2.42. The number of hydrogen-bond acceptors (Lipinski definition) is 3. The highest BCUT2D eigenvalue weighted by atomic mass is 16.5. The molecule has 1 rings (SSSR count). The van der Waals surface area contributed by atoms with E-state index in [-0.39, 0.29) is 18.2 Å². The molecular weight excluding hydrogens is 240 g/mol. The Hall–Kier alpha value is -1.35. The standard InChI is InChI=1S/C16H24O3/c1-3-8-14(17)11-12-15(4-2)19-16(18)13-9-6-5-7-10-13/h5-7,9-10,14-15,17H,3-4,8,11-12H2,1-2H3. The first kappa shape index (κ1) is 15.7. The normalized spacial score (nSPS) is 13.8. The topological polar surface area (TPSA) is 46.5 Å². The van der Waals surface area contributed by atoms with Crippen molar-refractivity contribution in [1.82, 2.24) is 0 Å². The molecule has 0 bridgehead atoms. The van der Waals surface area contributed by atoms with Gasteiger partial charge in [-0.3, -0.25) is 0 Å². The van der Waals surface area contributed by atoms with E-state index >= 15 is 0 Å². The Bertz CT molecular complexity index is 362. The zero-order chi connectivity index (χ0) is 14.1. The summed E-state index contributed by atoms with van der Waals surface area (Å²) in [5, 5.41) is 9.70. The summed E-state index contributed by atoms with van der Waals surface area (Å²) >= 11 is 0. The summed E-state index contributed by atoms with van der Waals surface area (Å²) < 4.78 is 5.46. The van der Waals surface area contributed by atoms with Gasteiger partial charge in [-0.2, -0.15) is 0 Å². The van der Waals surface area contributed by atoms with Crippen molar-refractivity contribution < 1.29 is 14.6 Å². The average Bonchev–Trinajstić information content (AvgIpc) is 2.44. The van der Waals surface area contributed by atoms with Crippen molar-refractivity contribution in [3.8, 4) is 0 Å². The van der Waals surface area contributed by atoms with Crippen LogP contribution in [-0.2, 0) is 4.74 Å². The van der Waals surface area contributed by atoms with Gasteiger partial charge < -0.3 is 9.84 Å². The van der Waals surface area contributed by atoms with Gasteiger partial charge in [0.05, 0.1) is 11.7 Å². The van der Waals surface area contributed by atoms with Crippen LogP contribution < -0.4 is 0 Å². The number of carbonyl (C=O) groups excluding carboxylic acids is 1. The van der Waals surface area contributed by atoms with Crippen molar-refractivity contribution in [2.24, 2.45) is 0 Å². The third-order valence-electron chi connectivity index (χ3n) is 3.18. The second kappa shape index (κ2) is 8.70. The highest BCUT2D eigenvalue weighted by Crippen LogP contribution is 2.14. The molecule has 2 atom stereocenters. The lowest BCUT2D eigenvalue weighted by molar-refractivity contribution is 0.0225. The van der Waals surface area contributed by atoms with Crippen LogP contribution in [0.2, 0.25) is 0 Å². The molecule has 0 amide bonds. The molecule has 0 aliphatic rings. The molecule has 0 saturated heterocycles. The summed E-state index contributed by atoms with van der Waals surface area (Å²) in [4.78, 5) is 11.9. The monoisotopic (exact) mass is 264 g/mol. The molecule has 106 valence electrons. The minimum absolute atomic E-state index is 0.112. The molecule has 3 heteroatoms. The van der Waals surface area contributed by atoms with Crippen LogP contribution in [0, 0.1) is 0 Å². The Morgan fingerprint density at radius 2 is 1.84 bits per heavy atom. The van der Waals surface area contributed by atoms with Gasteiger partial charge in [-0.15, -0.1) is 0 Å². The van der Waals surface area contributed by atoms with E-state index in [2.05, 4.69) is 6.92 Å². The minimum atomic E-state index is -0.283. The van der Waals surface area contributed by atoms with Crippen LogP contribution in [0.4, 0.5) is 0 Å². The fraction of sp³-hybridized carbons (Fsp3) is 0.562. The zero-order valence-electron chi connectivity index (χ0n) is 11.8. The highest BCUT2D eigenvalue weighted by Gasteiger charge is 2.15. The maximum atomic E-state index is 11.9. The van der Waals surface area contributed by atoms with Crippen LogP contribution in [0.5, 0.6) is 0 Å². The lowest BCUT2D eigenvalue weighted by atomic mass is 10.0. The van der Waals surface area contributed by atoms with E-state index in [1.165, 1.54) is 0 Å². The molecule has 0 aliphatic carbocycles. The van der Waals surface area contributed by atoms with Crippen molar-refractivity contribution in [3.63, 3.8) is 0 Å². The zero-order valence-corrected chi connectivity index (χ0v) is 11.8. The first-order chi connectivity index (χ1) is 9.17. The molecular formula is C16H24O3. The van der Waals surface area contributed by atoms with E-state index in [9.17, 15) is 9.90 Å². The number of aliphatic hydroxyl groups excluding tert-OH is 1. The van der Waals surface area contributed by atoms with Gasteiger partial charge in [0.1, 0.15) is 6.10 Å². The largest absolute Gasteiger partial charge is 0.459 e. The number of benzene rings is 1. The van der Waals surface area contributed by atoms with Crippen LogP contribution in [-0.4, -0.2) is 23.3 Å². The maximum absolute atomic E-state index is 11.9. The maximum Gasteiger partial charge on any atom is 0.338 e. The van der Waals surface area contributed by atoms with Crippen molar-refractivity contribution in [3.05, 3.63) is 35.9 Å². The second-order valence-electron chi connectivity index (χ2n) is 4.82. The Morgan fingerprint density at radius 1 is 1.16 bits per heavy atom. The van der Waals surface area contributed by atoms with Gasteiger partial charge in [0, 0.05) is 0 Å². The van der Waals surface area contributed by atoms with Crippen molar-refractivity contribution >= 4 is 5.97 Å². The van der Waals surface area contributed by atoms with Gasteiger partial charge >= 0.3 is 5.97 Å². The predicted octanol–water partition coefficient (Wildman–Crippen LogP) is 3.56. The van der Waals surface area contributed by atoms with Gasteiger partial charge in [-0.25, -0.2) is 4.79 Å². The summed E-state index contributed by atoms with van der Waals surface area (Å²) in [6, 6.07) is 9.02. The van der Waals surface area contributed by atoms with Crippen LogP contribution in [0.15, 0.2) is 30.3 Å².